The van der Waals surface area contributed by atoms with Crippen LogP contribution in [0.4, 0.5) is 5.69 Å². The van der Waals surface area contributed by atoms with E-state index in [9.17, 15) is 19.7 Å². The van der Waals surface area contributed by atoms with Crippen molar-refractivity contribution in [3.63, 3.8) is 0 Å². The van der Waals surface area contributed by atoms with E-state index in [2.05, 4.69) is 4.99 Å². The molecule has 0 saturated heterocycles. The number of nitro benzene ring substituents is 1. The van der Waals surface area contributed by atoms with Crippen LogP contribution in [0.5, 0.6) is 0 Å². The highest BCUT2D eigenvalue weighted by Gasteiger charge is 2.43. The summed E-state index contributed by atoms with van der Waals surface area (Å²) in [6.45, 7) is 8.52. The van der Waals surface area contributed by atoms with Crippen molar-refractivity contribution in [1.82, 2.24) is 0 Å². The van der Waals surface area contributed by atoms with Crippen molar-refractivity contribution >= 4 is 23.3 Å². The van der Waals surface area contributed by atoms with Gasteiger partial charge in [-0.15, -0.1) is 0 Å². The lowest BCUT2D eigenvalue weighted by Crippen LogP contribution is -2.37. The quantitative estimate of drug-likeness (QED) is 0.443. The van der Waals surface area contributed by atoms with E-state index < -0.39 is 34.3 Å². The molecule has 150 valence electrons. The molecule has 0 saturated carbocycles. The molecule has 1 aliphatic rings. The van der Waals surface area contributed by atoms with E-state index in [1.807, 2.05) is 0 Å². The fourth-order valence-corrected chi connectivity index (χ4v) is 3.26. The van der Waals surface area contributed by atoms with E-state index >= 15 is 0 Å². The smallest absolute Gasteiger partial charge is 0.337 e. The first kappa shape index (κ1) is 21.3. The van der Waals surface area contributed by atoms with Crippen LogP contribution in [0.3, 0.4) is 0 Å². The summed E-state index contributed by atoms with van der Waals surface area (Å²) in [5, 5.41) is 11.2. The van der Waals surface area contributed by atoms with Crippen LogP contribution in [-0.2, 0) is 19.1 Å². The highest BCUT2D eigenvalue weighted by Crippen LogP contribution is 2.41. The Labute approximate surface area is 163 Å². The fourth-order valence-electron chi connectivity index (χ4n) is 3.26. The molecular weight excluding hydrogens is 364 g/mol. The van der Waals surface area contributed by atoms with Crippen molar-refractivity contribution in [2.24, 2.45) is 10.9 Å². The zero-order valence-corrected chi connectivity index (χ0v) is 16.8. The maximum absolute atomic E-state index is 13.0. The average Bonchev–Trinajstić information content (AvgIpc) is 2.58. The van der Waals surface area contributed by atoms with Crippen LogP contribution in [0.15, 0.2) is 40.5 Å². The number of allylic oxidation sites excluding steroid dienone is 1. The standard InChI is InChI=1S/C20H24N2O6/c1-11-15(18(23)27-6)17(13-8-7-9-14(10-13)22(25)26)16(12(2)21-11)19(24)28-20(3,4)5/h7-10,15,17H,1-6H3. The number of ether oxygens (including phenoxy) is 2. The molecule has 0 bridgehead atoms. The van der Waals surface area contributed by atoms with E-state index in [1.54, 1.807) is 40.7 Å². The van der Waals surface area contributed by atoms with E-state index in [-0.39, 0.29) is 11.3 Å². The van der Waals surface area contributed by atoms with Gasteiger partial charge in [0.05, 0.1) is 17.6 Å². The summed E-state index contributed by atoms with van der Waals surface area (Å²) in [5.41, 5.74) is 0.615. The number of carbonyl (C=O) groups excluding carboxylic acids is 2. The molecule has 8 nitrogen and oxygen atoms in total. The Morgan fingerprint density at radius 1 is 1.21 bits per heavy atom. The molecule has 1 aromatic rings. The molecule has 0 aliphatic carbocycles. The SMILES string of the molecule is COC(=O)C1C(C)=NC(C)=C(C(=O)OC(C)(C)C)C1c1cccc([N+](=O)[O-])c1. The monoisotopic (exact) mass is 388 g/mol. The van der Waals surface area contributed by atoms with Crippen molar-refractivity contribution in [3.8, 4) is 0 Å². The normalized spacial score (nSPS) is 19.7. The third-order valence-corrected chi connectivity index (χ3v) is 4.34. The Bertz CT molecular complexity index is 879. The number of methoxy groups -OCH3 is 1. The summed E-state index contributed by atoms with van der Waals surface area (Å²) in [4.78, 5) is 40.5. The van der Waals surface area contributed by atoms with Crippen molar-refractivity contribution in [1.29, 1.82) is 0 Å². The molecule has 28 heavy (non-hydrogen) atoms. The first-order valence-electron chi connectivity index (χ1n) is 8.77. The molecule has 0 spiro atoms. The van der Waals surface area contributed by atoms with Gasteiger partial charge in [0, 0.05) is 29.5 Å². The zero-order chi connectivity index (χ0) is 21.2. The largest absolute Gasteiger partial charge is 0.468 e. The maximum atomic E-state index is 13.0. The Balaban J connectivity index is 2.69. The number of non-ortho nitro benzene ring substituents is 1. The fraction of sp³-hybridized carbons (Fsp3) is 0.450. The Hall–Kier alpha value is -3.03. The van der Waals surface area contributed by atoms with Gasteiger partial charge in [0.2, 0.25) is 0 Å². The van der Waals surface area contributed by atoms with Gasteiger partial charge in [0.1, 0.15) is 11.5 Å². The van der Waals surface area contributed by atoms with Crippen LogP contribution in [0.1, 0.15) is 46.1 Å². The molecule has 2 atom stereocenters. The van der Waals surface area contributed by atoms with Crippen molar-refractivity contribution in [2.75, 3.05) is 7.11 Å². The molecule has 0 amide bonds. The molecule has 0 fully saturated rings. The minimum Gasteiger partial charge on any atom is -0.468 e. The first-order chi connectivity index (χ1) is 13.0. The summed E-state index contributed by atoms with van der Waals surface area (Å²) in [7, 11) is 1.25. The highest BCUT2D eigenvalue weighted by atomic mass is 16.6. The number of benzene rings is 1. The molecule has 0 aromatic heterocycles. The second-order valence-corrected chi connectivity index (χ2v) is 7.58. The third-order valence-electron chi connectivity index (χ3n) is 4.34. The molecule has 1 heterocycles. The molecule has 2 rings (SSSR count). The van der Waals surface area contributed by atoms with Gasteiger partial charge in [0.25, 0.3) is 5.69 Å². The van der Waals surface area contributed by atoms with Crippen LogP contribution in [-0.4, -0.2) is 35.3 Å². The van der Waals surface area contributed by atoms with Gasteiger partial charge in [0.15, 0.2) is 0 Å². The molecule has 2 unspecified atom stereocenters. The lowest BCUT2D eigenvalue weighted by Gasteiger charge is -2.32. The molecule has 8 heteroatoms. The van der Waals surface area contributed by atoms with Gasteiger partial charge in [-0.25, -0.2) is 4.79 Å². The van der Waals surface area contributed by atoms with Gasteiger partial charge in [-0.2, -0.15) is 0 Å². The number of nitro groups is 1. The van der Waals surface area contributed by atoms with E-state index in [0.29, 0.717) is 17.0 Å². The van der Waals surface area contributed by atoms with Crippen LogP contribution in [0, 0.1) is 16.0 Å². The summed E-state index contributed by atoms with van der Waals surface area (Å²) in [6, 6.07) is 5.87. The van der Waals surface area contributed by atoms with Crippen molar-refractivity contribution in [2.45, 2.75) is 46.1 Å². The molecule has 1 aromatic carbocycles. The van der Waals surface area contributed by atoms with Gasteiger partial charge >= 0.3 is 11.9 Å². The number of hydrogen-bond acceptors (Lipinski definition) is 7. The van der Waals surface area contributed by atoms with Crippen LogP contribution >= 0.6 is 0 Å². The second kappa shape index (κ2) is 7.92. The topological polar surface area (TPSA) is 108 Å². The van der Waals surface area contributed by atoms with Gasteiger partial charge < -0.3 is 9.47 Å². The number of carbonyl (C=O) groups is 2. The molecule has 1 aliphatic heterocycles. The van der Waals surface area contributed by atoms with E-state index in [4.69, 9.17) is 9.47 Å². The zero-order valence-electron chi connectivity index (χ0n) is 16.8. The number of aliphatic imine (C=N–C) groups is 1. The predicted octanol–water partition coefficient (Wildman–Crippen LogP) is 3.56. The second-order valence-electron chi connectivity index (χ2n) is 7.58. The molecule has 0 N–H and O–H groups in total. The Morgan fingerprint density at radius 2 is 1.86 bits per heavy atom. The van der Waals surface area contributed by atoms with Gasteiger partial charge in [-0.05, 0) is 40.2 Å². The summed E-state index contributed by atoms with van der Waals surface area (Å²) < 4.78 is 10.4. The first-order valence-corrected chi connectivity index (χ1v) is 8.77. The van der Waals surface area contributed by atoms with Crippen LogP contribution < -0.4 is 0 Å². The van der Waals surface area contributed by atoms with E-state index in [1.165, 1.54) is 25.3 Å². The van der Waals surface area contributed by atoms with Crippen LogP contribution in [0.25, 0.3) is 0 Å². The molecule has 0 radical (unpaired) electrons. The molecular formula is C20H24N2O6. The maximum Gasteiger partial charge on any atom is 0.337 e. The van der Waals surface area contributed by atoms with Crippen LogP contribution in [0.2, 0.25) is 0 Å². The minimum atomic E-state index is -0.891. The summed E-state index contributed by atoms with van der Waals surface area (Å²) in [5.74, 6) is -2.89. The van der Waals surface area contributed by atoms with Gasteiger partial charge in [-0.3, -0.25) is 19.9 Å². The lowest BCUT2D eigenvalue weighted by molar-refractivity contribution is -0.384. The highest BCUT2D eigenvalue weighted by molar-refractivity contribution is 6.07. The third kappa shape index (κ3) is 4.44. The van der Waals surface area contributed by atoms with E-state index in [0.717, 1.165) is 0 Å². The number of rotatable bonds is 4. The number of nitrogens with zero attached hydrogens (tertiary/aromatic N) is 2. The summed E-state index contributed by atoms with van der Waals surface area (Å²) >= 11 is 0. The number of hydrogen-bond donors (Lipinski definition) is 0. The van der Waals surface area contributed by atoms with Gasteiger partial charge in [-0.1, -0.05) is 12.1 Å². The van der Waals surface area contributed by atoms with Crippen molar-refractivity contribution < 1.29 is 24.0 Å². The number of esters is 2. The average molecular weight is 388 g/mol. The predicted molar refractivity (Wildman–Crippen MR) is 103 cm³/mol. The summed E-state index contributed by atoms with van der Waals surface area (Å²) in [6.07, 6.45) is 0. The Kier molecular flexibility index (Phi) is 6.01. The minimum absolute atomic E-state index is 0.137. The van der Waals surface area contributed by atoms with Crippen molar-refractivity contribution in [3.05, 3.63) is 51.2 Å². The Morgan fingerprint density at radius 3 is 2.39 bits per heavy atom. The lowest BCUT2D eigenvalue weighted by atomic mass is 9.75.